The molecule has 0 bridgehead atoms. The van der Waals surface area contributed by atoms with E-state index in [0.717, 1.165) is 4.90 Å². The molecule has 0 aliphatic rings. The summed E-state index contributed by atoms with van der Waals surface area (Å²) in [6, 6.07) is 14.4. The molecular formula is C20H18ClN3O2S2. The lowest BCUT2D eigenvalue weighted by Gasteiger charge is -2.15. The number of hydrogen-bond donors (Lipinski definition) is 2. The van der Waals surface area contributed by atoms with Crippen molar-refractivity contribution in [2.24, 2.45) is 0 Å². The van der Waals surface area contributed by atoms with Crippen molar-refractivity contribution in [3.05, 3.63) is 70.0 Å². The van der Waals surface area contributed by atoms with Crippen LogP contribution in [0.4, 0.5) is 11.5 Å². The minimum Gasteiger partial charge on any atom is -0.321 e. The Kier molecular flexibility index (Phi) is 7.08. The molecule has 0 radical (unpaired) electrons. The molecule has 28 heavy (non-hydrogen) atoms. The van der Waals surface area contributed by atoms with Gasteiger partial charge in [-0.15, -0.1) is 23.1 Å². The van der Waals surface area contributed by atoms with Crippen molar-refractivity contribution < 1.29 is 9.59 Å². The van der Waals surface area contributed by atoms with Crippen molar-refractivity contribution in [3.8, 4) is 0 Å². The molecule has 2 N–H and O–H groups in total. The molecule has 3 rings (SSSR count). The summed E-state index contributed by atoms with van der Waals surface area (Å²) < 4.78 is 0. The zero-order valence-corrected chi connectivity index (χ0v) is 17.4. The van der Waals surface area contributed by atoms with Crippen molar-refractivity contribution in [2.45, 2.75) is 23.5 Å². The molecule has 0 aliphatic carbocycles. The van der Waals surface area contributed by atoms with Gasteiger partial charge in [-0.3, -0.25) is 9.59 Å². The number of carbonyl (C=O) groups is 2. The van der Waals surface area contributed by atoms with Crippen molar-refractivity contribution in [1.29, 1.82) is 0 Å². The summed E-state index contributed by atoms with van der Waals surface area (Å²) >= 11 is 8.65. The fourth-order valence-electron chi connectivity index (χ4n) is 2.39. The Labute approximate surface area is 176 Å². The lowest BCUT2D eigenvalue weighted by molar-refractivity contribution is -0.115. The number of amides is 2. The van der Waals surface area contributed by atoms with Crippen LogP contribution in [0, 0.1) is 0 Å². The highest BCUT2D eigenvalue weighted by atomic mass is 35.5. The molecule has 8 heteroatoms. The number of thioether (sulfide) groups is 1. The Morgan fingerprint density at radius 3 is 2.71 bits per heavy atom. The topological polar surface area (TPSA) is 71.1 Å². The van der Waals surface area contributed by atoms with Gasteiger partial charge in [-0.25, -0.2) is 4.98 Å². The summed E-state index contributed by atoms with van der Waals surface area (Å²) in [5, 5.41) is 7.78. The molecule has 0 spiro atoms. The summed E-state index contributed by atoms with van der Waals surface area (Å²) in [6.07, 6.45) is 2.14. The van der Waals surface area contributed by atoms with Gasteiger partial charge >= 0.3 is 0 Å². The van der Waals surface area contributed by atoms with Crippen LogP contribution in [0.15, 0.2) is 65.0 Å². The molecule has 0 saturated carbocycles. The van der Waals surface area contributed by atoms with Crippen LogP contribution in [0.25, 0.3) is 0 Å². The Balaban J connectivity index is 1.64. The van der Waals surface area contributed by atoms with Crippen molar-refractivity contribution in [2.75, 3.05) is 10.6 Å². The molecule has 1 unspecified atom stereocenters. The third-order valence-corrected chi connectivity index (χ3v) is 6.21. The van der Waals surface area contributed by atoms with Gasteiger partial charge in [-0.1, -0.05) is 30.7 Å². The van der Waals surface area contributed by atoms with Gasteiger partial charge in [0.25, 0.3) is 5.91 Å². The van der Waals surface area contributed by atoms with Crippen LogP contribution >= 0.6 is 34.7 Å². The molecule has 1 atom stereocenters. The van der Waals surface area contributed by atoms with Crippen LogP contribution in [-0.4, -0.2) is 22.0 Å². The molecule has 0 aliphatic heterocycles. The summed E-state index contributed by atoms with van der Waals surface area (Å²) in [7, 11) is 0. The number of rotatable bonds is 7. The van der Waals surface area contributed by atoms with Crippen LogP contribution in [0.2, 0.25) is 5.02 Å². The molecule has 5 nitrogen and oxygen atoms in total. The highest BCUT2D eigenvalue weighted by molar-refractivity contribution is 8.00. The van der Waals surface area contributed by atoms with Gasteiger partial charge in [0.1, 0.15) is 5.82 Å². The van der Waals surface area contributed by atoms with Gasteiger partial charge in [0.15, 0.2) is 0 Å². The van der Waals surface area contributed by atoms with Crippen LogP contribution < -0.4 is 10.6 Å². The van der Waals surface area contributed by atoms with Crippen LogP contribution in [-0.2, 0) is 4.79 Å². The largest absolute Gasteiger partial charge is 0.321 e. The van der Waals surface area contributed by atoms with Crippen LogP contribution in [0.1, 0.15) is 23.0 Å². The average molecular weight is 432 g/mol. The molecule has 2 heterocycles. The van der Waals surface area contributed by atoms with E-state index in [4.69, 9.17) is 11.6 Å². The Morgan fingerprint density at radius 1 is 1.18 bits per heavy atom. The lowest BCUT2D eigenvalue weighted by atomic mass is 10.3. The molecule has 144 valence electrons. The number of aromatic nitrogens is 1. The maximum absolute atomic E-state index is 12.6. The third kappa shape index (κ3) is 5.58. The highest BCUT2D eigenvalue weighted by Gasteiger charge is 2.19. The van der Waals surface area contributed by atoms with Crippen molar-refractivity contribution in [1.82, 2.24) is 4.98 Å². The molecule has 1 aromatic carbocycles. The van der Waals surface area contributed by atoms with Gasteiger partial charge in [0.05, 0.1) is 15.1 Å². The Morgan fingerprint density at radius 2 is 2.04 bits per heavy atom. The molecule has 3 aromatic rings. The summed E-state index contributed by atoms with van der Waals surface area (Å²) in [5.74, 6) is 0.191. The quantitative estimate of drug-likeness (QED) is 0.480. The number of benzene rings is 1. The van der Waals surface area contributed by atoms with E-state index < -0.39 is 0 Å². The number of nitrogens with one attached hydrogen (secondary N) is 2. The predicted octanol–water partition coefficient (Wildman–Crippen LogP) is 5.56. The molecule has 2 aromatic heterocycles. The Hall–Kier alpha value is -2.35. The fraction of sp³-hybridized carbons (Fsp3) is 0.150. The first-order valence-corrected chi connectivity index (χ1v) is 10.7. The maximum Gasteiger partial charge on any atom is 0.265 e. The SMILES string of the molecule is CCC(Sc1cccc(NC(=O)c2cccs2)c1)C(=O)Nc1ccc(Cl)cn1. The first kappa shape index (κ1) is 20.4. The first-order chi connectivity index (χ1) is 13.5. The molecular weight excluding hydrogens is 414 g/mol. The van der Waals surface area contributed by atoms with E-state index in [9.17, 15) is 9.59 Å². The molecule has 2 amide bonds. The number of anilines is 2. The number of halogens is 1. The number of thiophene rings is 1. The van der Waals surface area contributed by atoms with Crippen molar-refractivity contribution >= 4 is 58.0 Å². The maximum atomic E-state index is 12.6. The van der Waals surface area contributed by atoms with E-state index in [1.165, 1.54) is 29.3 Å². The van der Waals surface area contributed by atoms with Gasteiger partial charge in [0, 0.05) is 16.8 Å². The number of nitrogens with zero attached hydrogens (tertiary/aromatic N) is 1. The van der Waals surface area contributed by atoms with E-state index >= 15 is 0 Å². The minimum absolute atomic E-state index is 0.129. The van der Waals surface area contributed by atoms with E-state index in [2.05, 4.69) is 15.6 Å². The van der Waals surface area contributed by atoms with Crippen LogP contribution in [0.3, 0.4) is 0 Å². The summed E-state index contributed by atoms with van der Waals surface area (Å²) in [5.41, 5.74) is 0.693. The second kappa shape index (κ2) is 9.73. The standard InChI is InChI=1S/C20H18ClN3O2S2/c1-2-16(19(25)24-18-9-8-13(21)12-22-18)28-15-6-3-5-14(11-15)23-20(26)17-7-4-10-27-17/h3-12,16H,2H2,1H3,(H,23,26)(H,22,24,25). The van der Waals surface area contributed by atoms with Gasteiger partial charge < -0.3 is 10.6 Å². The highest BCUT2D eigenvalue weighted by Crippen LogP contribution is 2.28. The second-order valence-corrected chi connectivity index (χ2v) is 8.49. The molecule has 0 fully saturated rings. The third-order valence-electron chi connectivity index (χ3n) is 3.76. The smallest absolute Gasteiger partial charge is 0.265 e. The normalized spacial score (nSPS) is 11.6. The fourth-order valence-corrected chi connectivity index (χ4v) is 4.13. The Bertz CT molecular complexity index is 946. The zero-order valence-electron chi connectivity index (χ0n) is 15.0. The van der Waals surface area contributed by atoms with Crippen LogP contribution in [0.5, 0.6) is 0 Å². The summed E-state index contributed by atoms with van der Waals surface area (Å²) in [6.45, 7) is 1.95. The number of carbonyl (C=O) groups excluding carboxylic acids is 2. The number of pyridine rings is 1. The lowest BCUT2D eigenvalue weighted by Crippen LogP contribution is -2.25. The van der Waals surface area contributed by atoms with Crippen molar-refractivity contribution in [3.63, 3.8) is 0 Å². The van der Waals surface area contributed by atoms with E-state index in [1.54, 1.807) is 18.2 Å². The molecule has 0 saturated heterocycles. The first-order valence-electron chi connectivity index (χ1n) is 8.59. The average Bonchev–Trinajstić information content (AvgIpc) is 3.23. The van der Waals surface area contributed by atoms with E-state index in [0.29, 0.717) is 27.8 Å². The van der Waals surface area contributed by atoms with E-state index in [-0.39, 0.29) is 17.1 Å². The van der Waals surface area contributed by atoms with Gasteiger partial charge in [0.2, 0.25) is 5.91 Å². The predicted molar refractivity (Wildman–Crippen MR) is 117 cm³/mol. The summed E-state index contributed by atoms with van der Waals surface area (Å²) in [4.78, 5) is 30.4. The monoisotopic (exact) mass is 431 g/mol. The van der Waals surface area contributed by atoms with E-state index in [1.807, 2.05) is 42.6 Å². The van der Waals surface area contributed by atoms with Gasteiger partial charge in [-0.2, -0.15) is 0 Å². The zero-order chi connectivity index (χ0) is 19.9. The minimum atomic E-state index is -0.291. The second-order valence-electron chi connectivity index (χ2n) is 5.82. The van der Waals surface area contributed by atoms with Gasteiger partial charge in [-0.05, 0) is 48.2 Å². The number of hydrogen-bond acceptors (Lipinski definition) is 5.